The zero-order valence-electron chi connectivity index (χ0n) is 22.4. The Morgan fingerprint density at radius 1 is 1.14 bits per heavy atom. The van der Waals surface area contributed by atoms with Gasteiger partial charge in [0.1, 0.15) is 11.7 Å². The second-order valence-electron chi connectivity index (χ2n) is 9.66. The molecule has 0 amide bonds. The SMILES string of the molecule is C=C(CC)C(=C)/C(C)=C(\C)NC(C)=Nc1nc(Cc2ccc(C)cc2)cc(N2CCC(C=[N-])CC2)n1. The van der Waals surface area contributed by atoms with Crippen molar-refractivity contribution in [2.24, 2.45) is 10.9 Å². The van der Waals surface area contributed by atoms with E-state index in [9.17, 15) is 5.41 Å². The normalized spacial score (nSPS) is 15.4. The van der Waals surface area contributed by atoms with Gasteiger partial charge in [0, 0.05) is 31.3 Å². The molecule has 6 heteroatoms. The van der Waals surface area contributed by atoms with E-state index in [1.807, 2.05) is 20.8 Å². The highest BCUT2D eigenvalue weighted by Gasteiger charge is 2.19. The first-order chi connectivity index (χ1) is 17.2. The van der Waals surface area contributed by atoms with Gasteiger partial charge in [-0.25, -0.2) is 11.2 Å². The molecular weight excluding hydrogens is 444 g/mol. The van der Waals surface area contributed by atoms with E-state index in [4.69, 9.17) is 15.0 Å². The number of nitrogens with one attached hydrogen (secondary N) is 1. The van der Waals surface area contributed by atoms with E-state index < -0.39 is 0 Å². The Bertz CT molecular complexity index is 1160. The Kier molecular flexibility index (Phi) is 9.34. The van der Waals surface area contributed by atoms with Crippen molar-refractivity contribution in [3.8, 4) is 0 Å². The van der Waals surface area contributed by atoms with Crippen molar-refractivity contribution < 1.29 is 0 Å². The lowest BCUT2D eigenvalue weighted by molar-refractivity contribution is 0.508. The van der Waals surface area contributed by atoms with Gasteiger partial charge in [-0.1, -0.05) is 49.9 Å². The van der Waals surface area contributed by atoms with Crippen LogP contribution in [-0.4, -0.2) is 35.1 Å². The standard InChI is InChI=1S/C30H39N6/c1-8-21(3)22(4)23(5)24(6)32-25(7)33-30-34-28(17-26-11-9-20(2)10-12-26)18-29(35-30)36-15-13-27(19-31)14-16-36/h9-12,18-19,27H,3-4,8,13-17H2,1-2,5-7H3,(H,32,33,34,35)/q-1/b24-23+. The van der Waals surface area contributed by atoms with Gasteiger partial charge in [-0.2, -0.15) is 9.98 Å². The molecule has 0 aliphatic carbocycles. The van der Waals surface area contributed by atoms with E-state index in [-0.39, 0.29) is 5.92 Å². The molecule has 190 valence electrons. The number of benzene rings is 1. The number of nitrogens with zero attached hydrogens (tertiary/aromatic N) is 5. The Morgan fingerprint density at radius 2 is 1.81 bits per heavy atom. The summed E-state index contributed by atoms with van der Waals surface area (Å²) >= 11 is 0. The van der Waals surface area contributed by atoms with Crippen molar-refractivity contribution in [1.82, 2.24) is 15.3 Å². The molecule has 0 bridgehead atoms. The molecule has 3 rings (SSSR count). The topological polar surface area (TPSA) is 75.7 Å². The van der Waals surface area contributed by atoms with Crippen LogP contribution in [0.2, 0.25) is 0 Å². The highest BCUT2D eigenvalue weighted by Crippen LogP contribution is 2.25. The zero-order chi connectivity index (χ0) is 26.2. The van der Waals surface area contributed by atoms with Gasteiger partial charge in [-0.3, -0.25) is 0 Å². The molecule has 1 aliphatic heterocycles. The van der Waals surface area contributed by atoms with Crippen molar-refractivity contribution >= 4 is 23.8 Å². The van der Waals surface area contributed by atoms with E-state index in [2.05, 4.69) is 67.6 Å². The summed E-state index contributed by atoms with van der Waals surface area (Å²) in [5, 5.41) is 12.8. The Labute approximate surface area is 216 Å². The van der Waals surface area contributed by atoms with Crippen LogP contribution >= 0.6 is 0 Å². The van der Waals surface area contributed by atoms with Gasteiger partial charge in [0.2, 0.25) is 0 Å². The Balaban J connectivity index is 1.89. The van der Waals surface area contributed by atoms with Crippen LogP contribution in [0, 0.1) is 12.8 Å². The molecule has 2 heterocycles. The van der Waals surface area contributed by atoms with E-state index in [1.165, 1.54) is 17.3 Å². The molecule has 1 aliphatic rings. The fraction of sp³-hybridized carbons (Fsp3) is 0.400. The maximum atomic E-state index is 9.40. The molecule has 2 aromatic rings. The van der Waals surface area contributed by atoms with Crippen molar-refractivity contribution in [2.45, 2.75) is 60.3 Å². The number of allylic oxidation sites excluding steroid dienone is 4. The minimum atomic E-state index is 0.246. The molecule has 36 heavy (non-hydrogen) atoms. The van der Waals surface area contributed by atoms with Crippen LogP contribution in [0.3, 0.4) is 0 Å². The molecule has 0 spiro atoms. The molecule has 0 radical (unpaired) electrons. The van der Waals surface area contributed by atoms with E-state index in [0.29, 0.717) is 18.2 Å². The Hall–Kier alpha value is -3.54. The lowest BCUT2D eigenvalue weighted by Crippen LogP contribution is -2.34. The molecule has 6 nitrogen and oxygen atoms in total. The number of aliphatic imine (C=N–C) groups is 1. The number of hydrogen-bond donors (Lipinski definition) is 1. The Morgan fingerprint density at radius 3 is 2.42 bits per heavy atom. The fourth-order valence-corrected chi connectivity index (χ4v) is 4.21. The number of amidine groups is 1. The second-order valence-corrected chi connectivity index (χ2v) is 9.66. The monoisotopic (exact) mass is 483 g/mol. The maximum absolute atomic E-state index is 9.40. The van der Waals surface area contributed by atoms with Crippen molar-refractivity contribution in [1.29, 1.82) is 0 Å². The van der Waals surface area contributed by atoms with E-state index in [0.717, 1.165) is 66.3 Å². The quantitative estimate of drug-likeness (QED) is 0.245. The van der Waals surface area contributed by atoms with Crippen LogP contribution in [-0.2, 0) is 6.42 Å². The molecule has 0 atom stereocenters. The predicted molar refractivity (Wildman–Crippen MR) is 153 cm³/mol. The van der Waals surface area contributed by atoms with Gasteiger partial charge in [0.05, 0.1) is 5.69 Å². The number of rotatable bonds is 9. The fourth-order valence-electron chi connectivity index (χ4n) is 4.21. The first-order valence-corrected chi connectivity index (χ1v) is 12.7. The third-order valence-corrected chi connectivity index (χ3v) is 6.84. The van der Waals surface area contributed by atoms with Gasteiger partial charge in [-0.05, 0) is 75.2 Å². The summed E-state index contributed by atoms with van der Waals surface area (Å²) in [7, 11) is 0. The van der Waals surface area contributed by atoms with Gasteiger partial charge in [0.25, 0.3) is 5.95 Å². The van der Waals surface area contributed by atoms with Crippen molar-refractivity contribution in [2.75, 3.05) is 18.0 Å². The zero-order valence-corrected chi connectivity index (χ0v) is 22.4. The van der Waals surface area contributed by atoms with Crippen LogP contribution < -0.4 is 10.2 Å². The summed E-state index contributed by atoms with van der Waals surface area (Å²) in [6.45, 7) is 20.1. The number of anilines is 1. The summed E-state index contributed by atoms with van der Waals surface area (Å²) in [4.78, 5) is 16.6. The average molecular weight is 484 g/mol. The van der Waals surface area contributed by atoms with Crippen LogP contribution in [0.15, 0.2) is 70.9 Å². The highest BCUT2D eigenvalue weighted by molar-refractivity contribution is 5.83. The molecule has 1 N–H and O–H groups in total. The minimum Gasteiger partial charge on any atom is -0.814 e. The summed E-state index contributed by atoms with van der Waals surface area (Å²) in [5.41, 5.74) is 7.40. The van der Waals surface area contributed by atoms with Crippen LogP contribution in [0.4, 0.5) is 11.8 Å². The van der Waals surface area contributed by atoms with Crippen LogP contribution in [0.1, 0.15) is 63.8 Å². The molecule has 0 unspecified atom stereocenters. The minimum absolute atomic E-state index is 0.246. The molecule has 1 fully saturated rings. The predicted octanol–water partition coefficient (Wildman–Crippen LogP) is 6.69. The van der Waals surface area contributed by atoms with Gasteiger partial charge in [-0.15, -0.1) is 0 Å². The lowest BCUT2D eigenvalue weighted by atomic mass is 9.98. The molecule has 1 saturated heterocycles. The lowest BCUT2D eigenvalue weighted by Gasteiger charge is -2.32. The van der Waals surface area contributed by atoms with E-state index >= 15 is 0 Å². The molecular formula is C30H39N6-. The highest BCUT2D eigenvalue weighted by atomic mass is 15.2. The average Bonchev–Trinajstić information content (AvgIpc) is 2.88. The number of hydrogen-bond acceptors (Lipinski definition) is 4. The first-order valence-electron chi connectivity index (χ1n) is 12.7. The van der Waals surface area contributed by atoms with Crippen molar-refractivity contribution in [3.63, 3.8) is 0 Å². The van der Waals surface area contributed by atoms with Gasteiger partial charge >= 0.3 is 0 Å². The third kappa shape index (κ3) is 7.23. The summed E-state index contributed by atoms with van der Waals surface area (Å²) in [5.74, 6) is 2.29. The number of aryl methyl sites for hydroxylation is 1. The van der Waals surface area contributed by atoms with Crippen LogP contribution in [0.25, 0.3) is 5.41 Å². The van der Waals surface area contributed by atoms with Crippen molar-refractivity contribution in [3.05, 3.63) is 88.1 Å². The van der Waals surface area contributed by atoms with E-state index in [1.54, 1.807) is 0 Å². The molecule has 0 saturated carbocycles. The number of piperidine rings is 1. The second kappa shape index (κ2) is 12.4. The number of aromatic nitrogens is 2. The van der Waals surface area contributed by atoms with Gasteiger partial charge < -0.3 is 15.6 Å². The largest absolute Gasteiger partial charge is 0.814 e. The smallest absolute Gasteiger partial charge is 0.253 e. The summed E-state index contributed by atoms with van der Waals surface area (Å²) < 4.78 is 0. The molecule has 1 aromatic heterocycles. The van der Waals surface area contributed by atoms with Crippen LogP contribution in [0.5, 0.6) is 0 Å². The summed E-state index contributed by atoms with van der Waals surface area (Å²) in [6.07, 6.45) is 4.72. The summed E-state index contributed by atoms with van der Waals surface area (Å²) in [6, 6.07) is 10.6. The maximum Gasteiger partial charge on any atom is 0.253 e. The third-order valence-electron chi connectivity index (χ3n) is 6.84. The first kappa shape index (κ1) is 27.1. The van der Waals surface area contributed by atoms with Gasteiger partial charge in [0.15, 0.2) is 0 Å². The molecule has 1 aromatic carbocycles.